The molecule has 0 saturated heterocycles. The Balaban J connectivity index is 1.77. The molecule has 0 atom stereocenters. The number of hydrogen-bond acceptors (Lipinski definition) is 5. The molecule has 0 spiro atoms. The van der Waals surface area contributed by atoms with Gasteiger partial charge in [0.15, 0.2) is 0 Å². The number of esters is 1. The van der Waals surface area contributed by atoms with Gasteiger partial charge in [-0.2, -0.15) is 0 Å². The molecule has 0 saturated carbocycles. The maximum atomic E-state index is 12.5. The Morgan fingerprint density at radius 1 is 1.00 bits per heavy atom. The predicted molar refractivity (Wildman–Crippen MR) is 121 cm³/mol. The molecule has 6 heteroatoms. The number of carbonyl (C=O) groups excluding carboxylic acids is 2. The van der Waals surface area contributed by atoms with Gasteiger partial charge in [0.05, 0.1) is 18.8 Å². The highest BCUT2D eigenvalue weighted by Gasteiger charge is 2.19. The highest BCUT2D eigenvalue weighted by Crippen LogP contribution is 2.36. The van der Waals surface area contributed by atoms with Crippen molar-refractivity contribution in [3.63, 3.8) is 0 Å². The van der Waals surface area contributed by atoms with E-state index < -0.39 is 5.97 Å². The van der Waals surface area contributed by atoms with Gasteiger partial charge in [-0.15, -0.1) is 11.3 Å². The van der Waals surface area contributed by atoms with Crippen LogP contribution in [0, 0.1) is 0 Å². The third-order valence-electron chi connectivity index (χ3n) is 4.14. The van der Waals surface area contributed by atoms with E-state index in [1.54, 1.807) is 19.1 Å². The first-order valence-electron chi connectivity index (χ1n) is 9.69. The number of anilines is 1. The molecule has 0 bridgehead atoms. The molecule has 0 aliphatic heterocycles. The zero-order chi connectivity index (χ0) is 21.3. The smallest absolute Gasteiger partial charge is 0.341 e. The van der Waals surface area contributed by atoms with Crippen LogP contribution in [0.5, 0.6) is 5.75 Å². The SMILES string of the molecule is CCOC(=O)c1cc(-c2ccccc2)sc1NC(=O)/C=C/c1ccc(OCC)cc1. The molecule has 0 aliphatic rings. The van der Waals surface area contributed by atoms with E-state index in [0.717, 1.165) is 21.8 Å². The van der Waals surface area contributed by atoms with E-state index in [-0.39, 0.29) is 12.5 Å². The van der Waals surface area contributed by atoms with E-state index in [0.29, 0.717) is 17.2 Å². The van der Waals surface area contributed by atoms with Crippen LogP contribution in [0.3, 0.4) is 0 Å². The van der Waals surface area contributed by atoms with Crippen LogP contribution in [0.25, 0.3) is 16.5 Å². The topological polar surface area (TPSA) is 64.6 Å². The van der Waals surface area contributed by atoms with Gasteiger partial charge in [0.1, 0.15) is 10.8 Å². The van der Waals surface area contributed by atoms with E-state index >= 15 is 0 Å². The number of hydrogen-bond donors (Lipinski definition) is 1. The Kier molecular flexibility index (Phi) is 7.40. The molecule has 3 rings (SSSR count). The van der Waals surface area contributed by atoms with Gasteiger partial charge in [-0.1, -0.05) is 42.5 Å². The minimum absolute atomic E-state index is 0.264. The number of ether oxygens (including phenoxy) is 2. The van der Waals surface area contributed by atoms with Gasteiger partial charge in [-0.05, 0) is 49.2 Å². The van der Waals surface area contributed by atoms with Crippen LogP contribution in [0.4, 0.5) is 5.00 Å². The molecule has 0 fully saturated rings. The van der Waals surface area contributed by atoms with Gasteiger partial charge in [-0.25, -0.2) is 4.79 Å². The number of carbonyl (C=O) groups is 2. The van der Waals surface area contributed by atoms with Gasteiger partial charge in [0.2, 0.25) is 5.91 Å². The molecule has 0 aliphatic carbocycles. The summed E-state index contributed by atoms with van der Waals surface area (Å²) in [5.41, 5.74) is 2.19. The third-order valence-corrected chi connectivity index (χ3v) is 5.24. The summed E-state index contributed by atoms with van der Waals surface area (Å²) < 4.78 is 10.6. The summed E-state index contributed by atoms with van der Waals surface area (Å²) in [6.07, 6.45) is 3.15. The van der Waals surface area contributed by atoms with Crippen molar-refractivity contribution in [2.24, 2.45) is 0 Å². The molecule has 2 aromatic carbocycles. The van der Waals surface area contributed by atoms with Crippen molar-refractivity contribution < 1.29 is 19.1 Å². The Labute approximate surface area is 180 Å². The fourth-order valence-corrected chi connectivity index (χ4v) is 3.81. The Bertz CT molecular complexity index is 1020. The summed E-state index contributed by atoms with van der Waals surface area (Å²) in [5, 5.41) is 3.28. The lowest BCUT2D eigenvalue weighted by Gasteiger charge is -2.04. The first-order valence-corrected chi connectivity index (χ1v) is 10.5. The normalized spacial score (nSPS) is 10.7. The maximum absolute atomic E-state index is 12.5. The molecule has 154 valence electrons. The molecule has 1 N–H and O–H groups in total. The molecule has 0 radical (unpaired) electrons. The van der Waals surface area contributed by atoms with Crippen molar-refractivity contribution in [3.05, 3.63) is 77.9 Å². The zero-order valence-electron chi connectivity index (χ0n) is 16.9. The summed E-state index contributed by atoms with van der Waals surface area (Å²) in [6.45, 7) is 4.54. The second-order valence-corrected chi connectivity index (χ2v) is 7.32. The quantitative estimate of drug-likeness (QED) is 0.377. The van der Waals surface area contributed by atoms with Gasteiger partial charge < -0.3 is 14.8 Å². The third kappa shape index (κ3) is 5.58. The van der Waals surface area contributed by atoms with Gasteiger partial charge in [0.25, 0.3) is 0 Å². The monoisotopic (exact) mass is 421 g/mol. The van der Waals surface area contributed by atoms with Crippen LogP contribution in [0.2, 0.25) is 0 Å². The van der Waals surface area contributed by atoms with E-state index in [1.165, 1.54) is 17.4 Å². The lowest BCUT2D eigenvalue weighted by molar-refractivity contribution is -0.111. The summed E-state index contributed by atoms with van der Waals surface area (Å²) >= 11 is 1.34. The van der Waals surface area contributed by atoms with Crippen molar-refractivity contribution in [3.8, 4) is 16.2 Å². The van der Waals surface area contributed by atoms with Gasteiger partial charge in [0, 0.05) is 11.0 Å². The summed E-state index contributed by atoms with van der Waals surface area (Å²) in [5.74, 6) is 0.00262. The second-order valence-electron chi connectivity index (χ2n) is 6.26. The van der Waals surface area contributed by atoms with Crippen LogP contribution in [-0.2, 0) is 9.53 Å². The standard InChI is InChI=1S/C24H23NO4S/c1-3-28-19-13-10-17(11-14-19)12-15-22(26)25-23-20(24(27)29-4-2)16-21(30-23)18-8-6-5-7-9-18/h5-16H,3-4H2,1-2H3,(H,25,26)/b15-12+. The fraction of sp³-hybridized carbons (Fsp3) is 0.167. The van der Waals surface area contributed by atoms with E-state index in [1.807, 2.05) is 61.5 Å². The van der Waals surface area contributed by atoms with E-state index in [9.17, 15) is 9.59 Å². The molecule has 1 aromatic heterocycles. The maximum Gasteiger partial charge on any atom is 0.341 e. The van der Waals surface area contributed by atoms with E-state index in [2.05, 4.69) is 5.32 Å². The average molecular weight is 422 g/mol. The van der Waals surface area contributed by atoms with Crippen LogP contribution >= 0.6 is 11.3 Å². The Hall–Kier alpha value is -3.38. The van der Waals surface area contributed by atoms with E-state index in [4.69, 9.17) is 9.47 Å². The first kappa shape index (κ1) is 21.3. The molecular formula is C24H23NO4S. The van der Waals surface area contributed by atoms with Crippen LogP contribution < -0.4 is 10.1 Å². The predicted octanol–water partition coefficient (Wildman–Crippen LogP) is 5.64. The van der Waals surface area contributed by atoms with Crippen molar-refractivity contribution in [2.75, 3.05) is 18.5 Å². The minimum atomic E-state index is -0.457. The molecule has 3 aromatic rings. The van der Waals surface area contributed by atoms with Crippen molar-refractivity contribution >= 4 is 34.3 Å². The average Bonchev–Trinajstić information content (AvgIpc) is 3.18. The summed E-state index contributed by atoms with van der Waals surface area (Å²) in [6, 6.07) is 18.9. The molecule has 1 amide bonds. The first-order chi connectivity index (χ1) is 14.6. The Morgan fingerprint density at radius 3 is 2.40 bits per heavy atom. The van der Waals surface area contributed by atoms with Crippen LogP contribution in [0.15, 0.2) is 66.7 Å². The van der Waals surface area contributed by atoms with Gasteiger partial charge in [-0.3, -0.25) is 4.79 Å². The molecule has 5 nitrogen and oxygen atoms in total. The van der Waals surface area contributed by atoms with Gasteiger partial charge >= 0.3 is 5.97 Å². The Morgan fingerprint density at radius 2 is 1.73 bits per heavy atom. The highest BCUT2D eigenvalue weighted by molar-refractivity contribution is 7.20. The number of amides is 1. The second kappa shape index (κ2) is 10.4. The van der Waals surface area contributed by atoms with Crippen molar-refractivity contribution in [1.82, 2.24) is 0 Å². The fourth-order valence-electron chi connectivity index (χ4n) is 2.76. The van der Waals surface area contributed by atoms with Crippen LogP contribution in [0.1, 0.15) is 29.8 Å². The number of benzene rings is 2. The number of rotatable bonds is 8. The zero-order valence-corrected chi connectivity index (χ0v) is 17.7. The number of thiophene rings is 1. The minimum Gasteiger partial charge on any atom is -0.494 e. The molecule has 30 heavy (non-hydrogen) atoms. The number of nitrogens with one attached hydrogen (secondary N) is 1. The lowest BCUT2D eigenvalue weighted by Crippen LogP contribution is -2.11. The lowest BCUT2D eigenvalue weighted by atomic mass is 10.1. The highest BCUT2D eigenvalue weighted by atomic mass is 32.1. The molecule has 1 heterocycles. The van der Waals surface area contributed by atoms with Crippen molar-refractivity contribution in [2.45, 2.75) is 13.8 Å². The summed E-state index contributed by atoms with van der Waals surface area (Å²) in [4.78, 5) is 25.7. The largest absolute Gasteiger partial charge is 0.494 e. The van der Waals surface area contributed by atoms with Crippen LogP contribution in [-0.4, -0.2) is 25.1 Å². The van der Waals surface area contributed by atoms with Crippen molar-refractivity contribution in [1.29, 1.82) is 0 Å². The summed E-state index contributed by atoms with van der Waals surface area (Å²) in [7, 11) is 0. The molecule has 0 unspecified atom stereocenters. The molecular weight excluding hydrogens is 398 g/mol.